The second-order valence-corrected chi connectivity index (χ2v) is 5.06. The number of carbonyl (C=O) groups is 2. The van der Waals surface area contributed by atoms with Crippen molar-refractivity contribution in [2.45, 2.75) is 20.8 Å². The van der Waals surface area contributed by atoms with Crippen molar-refractivity contribution in [1.29, 1.82) is 0 Å². The SMILES string of the molecule is CCOC(=O)NC(=O)CN(CC)C(=S)Nc1ccc(OCC)cc1. The quantitative estimate of drug-likeness (QED) is 0.729. The van der Waals surface area contributed by atoms with Gasteiger partial charge in [-0.1, -0.05) is 0 Å². The molecule has 0 radical (unpaired) electrons. The maximum Gasteiger partial charge on any atom is 0.413 e. The van der Waals surface area contributed by atoms with Gasteiger partial charge in [-0.3, -0.25) is 10.1 Å². The Labute approximate surface area is 147 Å². The number of imide groups is 1. The summed E-state index contributed by atoms with van der Waals surface area (Å²) in [6.45, 7) is 6.72. The maximum absolute atomic E-state index is 11.8. The lowest BCUT2D eigenvalue weighted by Gasteiger charge is -2.23. The second-order valence-electron chi connectivity index (χ2n) is 4.67. The highest BCUT2D eigenvalue weighted by molar-refractivity contribution is 7.80. The average molecular weight is 353 g/mol. The number of rotatable bonds is 7. The van der Waals surface area contributed by atoms with Crippen LogP contribution >= 0.6 is 12.2 Å². The van der Waals surface area contributed by atoms with Crippen molar-refractivity contribution in [2.24, 2.45) is 0 Å². The highest BCUT2D eigenvalue weighted by Gasteiger charge is 2.15. The van der Waals surface area contributed by atoms with Gasteiger partial charge in [0.1, 0.15) is 5.75 Å². The molecule has 0 aliphatic carbocycles. The molecule has 0 fully saturated rings. The highest BCUT2D eigenvalue weighted by Crippen LogP contribution is 2.16. The first-order chi connectivity index (χ1) is 11.5. The number of carbonyl (C=O) groups excluding carboxylic acids is 2. The molecule has 0 aliphatic heterocycles. The van der Waals surface area contributed by atoms with Crippen LogP contribution in [0.1, 0.15) is 20.8 Å². The molecule has 2 N–H and O–H groups in total. The van der Waals surface area contributed by atoms with Crippen molar-refractivity contribution in [2.75, 3.05) is 31.6 Å². The number of ether oxygens (including phenoxy) is 2. The molecule has 0 aliphatic rings. The molecule has 0 saturated carbocycles. The summed E-state index contributed by atoms with van der Waals surface area (Å²) in [5.74, 6) is 0.293. The summed E-state index contributed by atoms with van der Waals surface area (Å²) in [7, 11) is 0. The van der Waals surface area contributed by atoms with Gasteiger partial charge in [0.15, 0.2) is 5.11 Å². The van der Waals surface area contributed by atoms with Gasteiger partial charge in [-0.15, -0.1) is 0 Å². The van der Waals surface area contributed by atoms with Gasteiger partial charge in [0, 0.05) is 12.2 Å². The predicted molar refractivity (Wildman–Crippen MR) is 96.2 cm³/mol. The van der Waals surface area contributed by atoms with Gasteiger partial charge in [-0.25, -0.2) is 4.79 Å². The minimum Gasteiger partial charge on any atom is -0.494 e. The van der Waals surface area contributed by atoms with Gasteiger partial charge in [0.05, 0.1) is 19.8 Å². The van der Waals surface area contributed by atoms with Gasteiger partial charge in [-0.2, -0.15) is 0 Å². The number of likely N-dealkylation sites (N-methyl/N-ethyl adjacent to an activating group) is 1. The van der Waals surface area contributed by atoms with E-state index in [1.54, 1.807) is 11.8 Å². The molecular weight excluding hydrogens is 330 g/mol. The van der Waals surface area contributed by atoms with E-state index in [0.717, 1.165) is 11.4 Å². The molecule has 1 aromatic rings. The molecule has 2 amide bonds. The lowest BCUT2D eigenvalue weighted by Crippen LogP contribution is -2.44. The van der Waals surface area contributed by atoms with E-state index in [-0.39, 0.29) is 13.2 Å². The van der Waals surface area contributed by atoms with Crippen LogP contribution in [0, 0.1) is 0 Å². The third-order valence-electron chi connectivity index (χ3n) is 2.94. The molecule has 0 atom stereocenters. The molecule has 0 unspecified atom stereocenters. The standard InChI is InChI=1S/C16H23N3O4S/c1-4-19(11-14(20)18-16(21)23-6-3)15(24)17-12-7-9-13(10-8-12)22-5-2/h7-10H,4-6,11H2,1-3H3,(H,17,24)(H,18,20,21). The summed E-state index contributed by atoms with van der Waals surface area (Å²) in [6.07, 6.45) is -0.760. The van der Waals surface area contributed by atoms with E-state index < -0.39 is 12.0 Å². The number of benzene rings is 1. The van der Waals surface area contributed by atoms with Gasteiger partial charge in [0.2, 0.25) is 5.91 Å². The molecule has 8 heteroatoms. The third kappa shape index (κ3) is 6.82. The molecule has 132 valence electrons. The number of anilines is 1. The van der Waals surface area contributed by atoms with Crippen LogP contribution in [-0.4, -0.2) is 48.3 Å². The zero-order chi connectivity index (χ0) is 17.9. The molecule has 0 saturated heterocycles. The van der Waals surface area contributed by atoms with E-state index in [9.17, 15) is 9.59 Å². The van der Waals surface area contributed by atoms with Crippen molar-refractivity contribution in [1.82, 2.24) is 10.2 Å². The highest BCUT2D eigenvalue weighted by atomic mass is 32.1. The lowest BCUT2D eigenvalue weighted by atomic mass is 10.3. The number of hydrogen-bond donors (Lipinski definition) is 2. The Morgan fingerprint density at radius 3 is 2.33 bits per heavy atom. The number of nitrogens with zero attached hydrogens (tertiary/aromatic N) is 1. The zero-order valence-corrected chi connectivity index (χ0v) is 14.9. The van der Waals surface area contributed by atoms with Crippen molar-refractivity contribution in [3.8, 4) is 5.75 Å². The third-order valence-corrected chi connectivity index (χ3v) is 3.30. The minimum absolute atomic E-state index is 0.0435. The van der Waals surface area contributed by atoms with Gasteiger partial charge in [0.25, 0.3) is 0 Å². The van der Waals surface area contributed by atoms with Crippen LogP contribution in [-0.2, 0) is 9.53 Å². The summed E-state index contributed by atoms with van der Waals surface area (Å²) in [5, 5.41) is 5.58. The largest absolute Gasteiger partial charge is 0.494 e. The number of alkyl carbamates (subject to hydrolysis) is 1. The molecule has 1 aromatic carbocycles. The van der Waals surface area contributed by atoms with Crippen molar-refractivity contribution in [3.63, 3.8) is 0 Å². The van der Waals surface area contributed by atoms with E-state index in [0.29, 0.717) is 18.3 Å². The Balaban J connectivity index is 2.56. The summed E-state index contributed by atoms with van der Waals surface area (Å²) in [6, 6.07) is 7.34. The molecule has 24 heavy (non-hydrogen) atoms. The summed E-state index contributed by atoms with van der Waals surface area (Å²) < 4.78 is 10.0. The summed E-state index contributed by atoms with van der Waals surface area (Å²) in [4.78, 5) is 24.7. The fraction of sp³-hybridized carbons (Fsp3) is 0.438. The van der Waals surface area contributed by atoms with Crippen LogP contribution in [0.4, 0.5) is 10.5 Å². The molecule has 0 heterocycles. The number of thiocarbonyl (C=S) groups is 1. The van der Waals surface area contributed by atoms with E-state index >= 15 is 0 Å². The van der Waals surface area contributed by atoms with Crippen LogP contribution in [0.15, 0.2) is 24.3 Å². The zero-order valence-electron chi connectivity index (χ0n) is 14.1. The van der Waals surface area contributed by atoms with Crippen molar-refractivity contribution < 1.29 is 19.1 Å². The normalized spacial score (nSPS) is 9.79. The predicted octanol–water partition coefficient (Wildman–Crippen LogP) is 2.38. The molecule has 7 nitrogen and oxygen atoms in total. The van der Waals surface area contributed by atoms with Gasteiger partial charge >= 0.3 is 6.09 Å². The van der Waals surface area contributed by atoms with Crippen LogP contribution in [0.25, 0.3) is 0 Å². The van der Waals surface area contributed by atoms with Gasteiger partial charge < -0.3 is 19.7 Å². The van der Waals surface area contributed by atoms with Crippen molar-refractivity contribution in [3.05, 3.63) is 24.3 Å². The first-order valence-corrected chi connectivity index (χ1v) is 8.16. The Morgan fingerprint density at radius 2 is 1.79 bits per heavy atom. The maximum atomic E-state index is 11.8. The fourth-order valence-electron chi connectivity index (χ4n) is 1.82. The van der Waals surface area contributed by atoms with Crippen LogP contribution < -0.4 is 15.4 Å². The first-order valence-electron chi connectivity index (χ1n) is 7.75. The Bertz CT molecular complexity index is 563. The smallest absolute Gasteiger partial charge is 0.413 e. The minimum atomic E-state index is -0.760. The topological polar surface area (TPSA) is 79.9 Å². The van der Waals surface area contributed by atoms with E-state index in [2.05, 4.69) is 15.4 Å². The fourth-order valence-corrected chi connectivity index (χ4v) is 2.14. The van der Waals surface area contributed by atoms with Crippen molar-refractivity contribution >= 4 is 35.0 Å². The monoisotopic (exact) mass is 353 g/mol. The molecule has 0 bridgehead atoms. The van der Waals surface area contributed by atoms with E-state index in [1.807, 2.05) is 38.1 Å². The van der Waals surface area contributed by atoms with Gasteiger partial charge in [-0.05, 0) is 57.3 Å². The number of hydrogen-bond acceptors (Lipinski definition) is 5. The van der Waals surface area contributed by atoms with Crippen LogP contribution in [0.3, 0.4) is 0 Å². The van der Waals surface area contributed by atoms with E-state index in [4.69, 9.17) is 17.0 Å². The average Bonchev–Trinajstić information content (AvgIpc) is 2.54. The second kappa shape index (κ2) is 10.4. The Morgan fingerprint density at radius 1 is 1.12 bits per heavy atom. The number of nitrogens with one attached hydrogen (secondary N) is 2. The number of amides is 2. The molecule has 0 aromatic heterocycles. The first kappa shape index (κ1) is 19.7. The Kier molecular flexibility index (Phi) is 8.56. The molecular formula is C16H23N3O4S. The summed E-state index contributed by atoms with van der Waals surface area (Å²) in [5.41, 5.74) is 0.785. The molecule has 0 spiro atoms. The van der Waals surface area contributed by atoms with E-state index in [1.165, 1.54) is 0 Å². The Hall–Kier alpha value is -2.35. The van der Waals surface area contributed by atoms with Crippen LogP contribution in [0.2, 0.25) is 0 Å². The lowest BCUT2D eigenvalue weighted by molar-refractivity contribution is -0.120. The summed E-state index contributed by atoms with van der Waals surface area (Å²) >= 11 is 5.31. The molecule has 1 rings (SSSR count). The van der Waals surface area contributed by atoms with Crippen LogP contribution in [0.5, 0.6) is 5.75 Å².